The summed E-state index contributed by atoms with van der Waals surface area (Å²) < 4.78 is 0.977. The standard InChI is InChI=1S/C16H17BrN2S/c1-11-4-2-3-5-12(11)8-9-19-15-7-6-13(17)10-14(15)16(18)20/h2-7,10,19H,8-9H2,1H3,(H2,18,20). The highest BCUT2D eigenvalue weighted by Crippen LogP contribution is 2.21. The molecule has 2 aromatic rings. The van der Waals surface area contributed by atoms with Crippen LogP contribution in [-0.4, -0.2) is 11.5 Å². The highest BCUT2D eigenvalue weighted by atomic mass is 79.9. The molecular formula is C16H17BrN2S. The molecule has 0 heterocycles. The number of halogens is 1. The predicted molar refractivity (Wildman–Crippen MR) is 93.4 cm³/mol. The van der Waals surface area contributed by atoms with Gasteiger partial charge in [-0.2, -0.15) is 0 Å². The van der Waals surface area contributed by atoms with Gasteiger partial charge in [-0.25, -0.2) is 0 Å². The number of nitrogens with two attached hydrogens (primary N) is 1. The van der Waals surface area contributed by atoms with E-state index in [2.05, 4.69) is 52.4 Å². The van der Waals surface area contributed by atoms with Gasteiger partial charge in [0.2, 0.25) is 0 Å². The van der Waals surface area contributed by atoms with E-state index in [1.165, 1.54) is 11.1 Å². The van der Waals surface area contributed by atoms with Crippen molar-refractivity contribution >= 4 is 38.8 Å². The smallest absolute Gasteiger partial charge is 0.106 e. The molecule has 2 nitrogen and oxygen atoms in total. The zero-order chi connectivity index (χ0) is 14.5. The Morgan fingerprint density at radius 3 is 2.70 bits per heavy atom. The Hall–Kier alpha value is -1.39. The van der Waals surface area contributed by atoms with E-state index >= 15 is 0 Å². The van der Waals surface area contributed by atoms with Gasteiger partial charge in [0.25, 0.3) is 0 Å². The van der Waals surface area contributed by atoms with E-state index in [9.17, 15) is 0 Å². The molecule has 0 atom stereocenters. The van der Waals surface area contributed by atoms with Crippen molar-refractivity contribution in [2.24, 2.45) is 5.73 Å². The van der Waals surface area contributed by atoms with E-state index in [0.717, 1.165) is 28.7 Å². The Labute approximate surface area is 133 Å². The van der Waals surface area contributed by atoms with Crippen molar-refractivity contribution in [3.8, 4) is 0 Å². The molecule has 0 unspecified atom stereocenters. The van der Waals surface area contributed by atoms with Crippen molar-refractivity contribution < 1.29 is 0 Å². The molecule has 3 N–H and O–H groups in total. The van der Waals surface area contributed by atoms with Gasteiger partial charge in [0.15, 0.2) is 0 Å². The molecule has 0 bridgehead atoms. The van der Waals surface area contributed by atoms with Gasteiger partial charge in [0.1, 0.15) is 4.99 Å². The SMILES string of the molecule is Cc1ccccc1CCNc1ccc(Br)cc1C(N)=S. The number of rotatable bonds is 5. The fraction of sp³-hybridized carbons (Fsp3) is 0.188. The van der Waals surface area contributed by atoms with Gasteiger partial charge in [0.05, 0.1) is 0 Å². The first-order valence-electron chi connectivity index (χ1n) is 6.45. The van der Waals surface area contributed by atoms with Crippen LogP contribution in [0.3, 0.4) is 0 Å². The number of hydrogen-bond donors (Lipinski definition) is 2. The number of thiocarbonyl (C=S) groups is 1. The Morgan fingerprint density at radius 2 is 2.00 bits per heavy atom. The van der Waals surface area contributed by atoms with Crippen LogP contribution in [0.2, 0.25) is 0 Å². The zero-order valence-electron chi connectivity index (χ0n) is 11.3. The average molecular weight is 349 g/mol. The van der Waals surface area contributed by atoms with Crippen molar-refractivity contribution in [1.29, 1.82) is 0 Å². The Bertz CT molecular complexity index is 626. The van der Waals surface area contributed by atoms with E-state index in [4.69, 9.17) is 18.0 Å². The normalized spacial score (nSPS) is 10.3. The van der Waals surface area contributed by atoms with Crippen LogP contribution in [0, 0.1) is 6.92 Å². The third-order valence-electron chi connectivity index (χ3n) is 3.22. The molecule has 2 aromatic carbocycles. The van der Waals surface area contributed by atoms with Gasteiger partial charge in [-0.15, -0.1) is 0 Å². The Kier molecular flexibility index (Phi) is 5.15. The van der Waals surface area contributed by atoms with E-state index < -0.39 is 0 Å². The third kappa shape index (κ3) is 3.81. The van der Waals surface area contributed by atoms with Crippen LogP contribution in [0.1, 0.15) is 16.7 Å². The summed E-state index contributed by atoms with van der Waals surface area (Å²) in [7, 11) is 0. The maximum absolute atomic E-state index is 5.76. The summed E-state index contributed by atoms with van der Waals surface area (Å²) in [6, 6.07) is 14.4. The molecular weight excluding hydrogens is 332 g/mol. The second kappa shape index (κ2) is 6.86. The lowest BCUT2D eigenvalue weighted by atomic mass is 10.1. The van der Waals surface area contributed by atoms with Gasteiger partial charge >= 0.3 is 0 Å². The first-order chi connectivity index (χ1) is 9.58. The summed E-state index contributed by atoms with van der Waals surface area (Å²) in [5.41, 5.74) is 10.3. The van der Waals surface area contributed by atoms with Gasteiger partial charge < -0.3 is 11.1 Å². The molecule has 0 aliphatic carbocycles. The van der Waals surface area contributed by atoms with Gasteiger partial charge in [-0.1, -0.05) is 52.4 Å². The molecule has 0 amide bonds. The van der Waals surface area contributed by atoms with E-state index in [-0.39, 0.29) is 0 Å². The first kappa shape index (κ1) is 15.0. The third-order valence-corrected chi connectivity index (χ3v) is 3.93. The Balaban J connectivity index is 2.05. The van der Waals surface area contributed by atoms with Crippen LogP contribution in [0.25, 0.3) is 0 Å². The first-order valence-corrected chi connectivity index (χ1v) is 7.66. The second-order valence-electron chi connectivity index (χ2n) is 4.66. The number of aryl methyl sites for hydroxylation is 1. The molecule has 2 rings (SSSR count). The maximum atomic E-state index is 5.76. The number of hydrogen-bond acceptors (Lipinski definition) is 2. The summed E-state index contributed by atoms with van der Waals surface area (Å²) in [5.74, 6) is 0. The summed E-state index contributed by atoms with van der Waals surface area (Å²) in [6.07, 6.45) is 0.972. The summed E-state index contributed by atoms with van der Waals surface area (Å²) in [6.45, 7) is 2.98. The molecule has 4 heteroatoms. The molecule has 0 radical (unpaired) electrons. The van der Waals surface area contributed by atoms with Gasteiger partial charge in [-0.3, -0.25) is 0 Å². The second-order valence-corrected chi connectivity index (χ2v) is 6.01. The number of nitrogens with one attached hydrogen (secondary N) is 1. The fourth-order valence-electron chi connectivity index (χ4n) is 2.10. The molecule has 0 saturated carbocycles. The predicted octanol–water partition coefficient (Wildman–Crippen LogP) is 4.05. The molecule has 20 heavy (non-hydrogen) atoms. The Morgan fingerprint density at radius 1 is 1.25 bits per heavy atom. The van der Waals surface area contributed by atoms with Crippen molar-refractivity contribution in [3.63, 3.8) is 0 Å². The van der Waals surface area contributed by atoms with Gasteiger partial charge in [-0.05, 0) is 42.7 Å². The topological polar surface area (TPSA) is 38.0 Å². The molecule has 0 aliphatic rings. The van der Waals surface area contributed by atoms with Crippen LogP contribution in [0.15, 0.2) is 46.9 Å². The van der Waals surface area contributed by atoms with Crippen LogP contribution in [-0.2, 0) is 6.42 Å². The molecule has 0 spiro atoms. The monoisotopic (exact) mass is 348 g/mol. The van der Waals surface area contributed by atoms with E-state index in [1.807, 2.05) is 18.2 Å². The maximum Gasteiger partial charge on any atom is 0.106 e. The van der Waals surface area contributed by atoms with E-state index in [1.54, 1.807) is 0 Å². The largest absolute Gasteiger partial charge is 0.389 e. The van der Waals surface area contributed by atoms with Crippen LogP contribution < -0.4 is 11.1 Å². The molecule has 0 aromatic heterocycles. The molecule has 0 aliphatic heterocycles. The lowest BCUT2D eigenvalue weighted by molar-refractivity contribution is 1.00. The average Bonchev–Trinajstić information content (AvgIpc) is 2.42. The van der Waals surface area contributed by atoms with Crippen molar-refractivity contribution in [3.05, 3.63) is 63.6 Å². The quantitative estimate of drug-likeness (QED) is 0.800. The summed E-state index contributed by atoms with van der Waals surface area (Å²) in [4.78, 5) is 0.407. The van der Waals surface area contributed by atoms with Crippen LogP contribution in [0.5, 0.6) is 0 Å². The molecule has 104 valence electrons. The van der Waals surface area contributed by atoms with E-state index in [0.29, 0.717) is 4.99 Å². The van der Waals surface area contributed by atoms with Crippen LogP contribution >= 0.6 is 28.1 Å². The summed E-state index contributed by atoms with van der Waals surface area (Å²) >= 11 is 8.53. The van der Waals surface area contributed by atoms with Crippen molar-refractivity contribution in [1.82, 2.24) is 0 Å². The molecule has 0 fully saturated rings. The number of benzene rings is 2. The minimum atomic E-state index is 0.407. The lowest BCUT2D eigenvalue weighted by Crippen LogP contribution is -2.14. The lowest BCUT2D eigenvalue weighted by Gasteiger charge is -2.12. The fourth-order valence-corrected chi connectivity index (χ4v) is 2.63. The minimum Gasteiger partial charge on any atom is -0.389 e. The van der Waals surface area contributed by atoms with Crippen molar-refractivity contribution in [2.75, 3.05) is 11.9 Å². The van der Waals surface area contributed by atoms with Crippen LogP contribution in [0.4, 0.5) is 5.69 Å². The number of anilines is 1. The highest BCUT2D eigenvalue weighted by Gasteiger charge is 2.06. The zero-order valence-corrected chi connectivity index (χ0v) is 13.7. The molecule has 0 saturated heterocycles. The highest BCUT2D eigenvalue weighted by molar-refractivity contribution is 9.10. The van der Waals surface area contributed by atoms with Gasteiger partial charge in [0, 0.05) is 22.3 Å². The summed E-state index contributed by atoms with van der Waals surface area (Å²) in [5, 5.41) is 3.41. The van der Waals surface area contributed by atoms with Crippen molar-refractivity contribution in [2.45, 2.75) is 13.3 Å². The minimum absolute atomic E-state index is 0.407.